The Labute approximate surface area is 111 Å². The van der Waals surface area contributed by atoms with E-state index in [4.69, 9.17) is 14.9 Å². The van der Waals surface area contributed by atoms with E-state index in [1.165, 1.54) is 11.8 Å². The molecule has 0 aliphatic rings. The molecule has 0 radical (unpaired) electrons. The van der Waals surface area contributed by atoms with Crippen molar-refractivity contribution in [1.82, 2.24) is 4.98 Å². The van der Waals surface area contributed by atoms with Crippen molar-refractivity contribution in [3.8, 4) is 5.75 Å². The quantitative estimate of drug-likeness (QED) is 0.511. The van der Waals surface area contributed by atoms with E-state index in [0.29, 0.717) is 17.5 Å². The van der Waals surface area contributed by atoms with Crippen LogP contribution < -0.4 is 10.5 Å². The number of anilines is 1. The topological polar surface area (TPSA) is 61.3 Å². The van der Waals surface area contributed by atoms with Gasteiger partial charge in [-0.15, -0.1) is 0 Å². The number of aromatic nitrogens is 1. The second-order valence-corrected chi connectivity index (χ2v) is 4.90. The van der Waals surface area contributed by atoms with Crippen LogP contribution in [0.15, 0.2) is 33.9 Å². The maximum atomic E-state index is 5.77. The molecule has 1 aromatic carbocycles. The fraction of sp³-hybridized carbons (Fsp3) is 0.308. The van der Waals surface area contributed by atoms with Gasteiger partial charge in [-0.2, -0.15) is 0 Å². The summed E-state index contributed by atoms with van der Waals surface area (Å²) >= 11 is 1.54. The van der Waals surface area contributed by atoms with Crippen LogP contribution in [-0.4, -0.2) is 17.3 Å². The second kappa shape index (κ2) is 5.82. The highest BCUT2D eigenvalue weighted by molar-refractivity contribution is 7.99. The summed E-state index contributed by atoms with van der Waals surface area (Å²) in [6, 6.07) is 7.47. The van der Waals surface area contributed by atoms with E-state index in [2.05, 4.69) is 4.98 Å². The van der Waals surface area contributed by atoms with Crippen LogP contribution in [0.5, 0.6) is 5.75 Å². The molecule has 5 heteroatoms. The van der Waals surface area contributed by atoms with Crippen molar-refractivity contribution in [1.29, 1.82) is 0 Å². The SMILES string of the molecule is Cc1nc(SCCOc2ccccc2N)oc1C. The van der Waals surface area contributed by atoms with Crippen molar-refractivity contribution in [3.63, 3.8) is 0 Å². The van der Waals surface area contributed by atoms with E-state index in [1.54, 1.807) is 0 Å². The maximum absolute atomic E-state index is 5.77. The highest BCUT2D eigenvalue weighted by Crippen LogP contribution is 2.22. The summed E-state index contributed by atoms with van der Waals surface area (Å²) in [5.74, 6) is 2.36. The zero-order valence-corrected chi connectivity index (χ0v) is 11.3. The third kappa shape index (κ3) is 3.20. The standard InChI is InChI=1S/C13H16N2O2S/c1-9-10(2)17-13(15-9)18-8-7-16-12-6-4-3-5-11(12)14/h3-6H,7-8,14H2,1-2H3. The molecule has 1 aromatic heterocycles. The molecular formula is C13H16N2O2S. The maximum Gasteiger partial charge on any atom is 0.256 e. The summed E-state index contributed by atoms with van der Waals surface area (Å²) in [6.45, 7) is 4.41. The lowest BCUT2D eigenvalue weighted by Crippen LogP contribution is -2.02. The van der Waals surface area contributed by atoms with Crippen LogP contribution in [0.1, 0.15) is 11.5 Å². The van der Waals surface area contributed by atoms with E-state index in [-0.39, 0.29) is 0 Å². The molecule has 0 spiro atoms. The van der Waals surface area contributed by atoms with Crippen molar-refractivity contribution in [2.24, 2.45) is 0 Å². The summed E-state index contributed by atoms with van der Waals surface area (Å²) in [5, 5.41) is 0.689. The summed E-state index contributed by atoms with van der Waals surface area (Å²) in [6.07, 6.45) is 0. The van der Waals surface area contributed by atoms with Crippen molar-refractivity contribution in [3.05, 3.63) is 35.7 Å². The Hall–Kier alpha value is -1.62. The Bertz CT molecular complexity index is 506. The lowest BCUT2D eigenvalue weighted by Gasteiger charge is -2.07. The van der Waals surface area contributed by atoms with Gasteiger partial charge in [-0.25, -0.2) is 4.98 Å². The Balaban J connectivity index is 1.78. The van der Waals surface area contributed by atoms with Crippen molar-refractivity contribution in [2.75, 3.05) is 18.1 Å². The Morgan fingerprint density at radius 3 is 2.78 bits per heavy atom. The summed E-state index contributed by atoms with van der Waals surface area (Å²) < 4.78 is 11.0. The summed E-state index contributed by atoms with van der Waals surface area (Å²) in [7, 11) is 0. The average molecular weight is 264 g/mol. The van der Waals surface area contributed by atoms with E-state index in [0.717, 1.165) is 23.0 Å². The molecule has 0 fully saturated rings. The molecule has 0 saturated carbocycles. The first-order chi connectivity index (χ1) is 8.66. The van der Waals surface area contributed by atoms with Gasteiger partial charge in [0.15, 0.2) is 0 Å². The highest BCUT2D eigenvalue weighted by Gasteiger charge is 2.06. The van der Waals surface area contributed by atoms with Gasteiger partial charge in [-0.1, -0.05) is 23.9 Å². The van der Waals surface area contributed by atoms with Gasteiger partial charge in [0.2, 0.25) is 0 Å². The van der Waals surface area contributed by atoms with Crippen LogP contribution in [0.25, 0.3) is 0 Å². The third-order valence-corrected chi connectivity index (χ3v) is 3.29. The molecule has 18 heavy (non-hydrogen) atoms. The van der Waals surface area contributed by atoms with Gasteiger partial charge in [0.25, 0.3) is 5.22 Å². The largest absolute Gasteiger partial charge is 0.491 e. The van der Waals surface area contributed by atoms with Crippen LogP contribution in [0.2, 0.25) is 0 Å². The molecule has 0 amide bonds. The number of nitrogens with zero attached hydrogens (tertiary/aromatic N) is 1. The van der Waals surface area contributed by atoms with E-state index in [1.807, 2.05) is 38.1 Å². The van der Waals surface area contributed by atoms with Gasteiger partial charge in [0.1, 0.15) is 11.5 Å². The number of ether oxygens (including phenoxy) is 1. The molecule has 0 saturated heterocycles. The van der Waals surface area contributed by atoms with Gasteiger partial charge in [0, 0.05) is 5.75 Å². The Morgan fingerprint density at radius 2 is 2.11 bits per heavy atom. The normalized spacial score (nSPS) is 10.6. The Morgan fingerprint density at radius 1 is 1.33 bits per heavy atom. The number of hydrogen-bond donors (Lipinski definition) is 1. The average Bonchev–Trinajstić information content (AvgIpc) is 2.66. The fourth-order valence-corrected chi connectivity index (χ4v) is 2.12. The third-order valence-electron chi connectivity index (χ3n) is 2.49. The molecule has 0 atom stereocenters. The summed E-state index contributed by atoms with van der Waals surface area (Å²) in [4.78, 5) is 4.29. The molecule has 0 unspecified atom stereocenters. The predicted molar refractivity (Wildman–Crippen MR) is 73.1 cm³/mol. The molecule has 2 aromatic rings. The smallest absolute Gasteiger partial charge is 0.256 e. The van der Waals surface area contributed by atoms with E-state index >= 15 is 0 Å². The number of aryl methyl sites for hydroxylation is 2. The number of oxazole rings is 1. The first kappa shape index (κ1) is 12.8. The lowest BCUT2D eigenvalue weighted by atomic mass is 10.3. The molecule has 96 valence electrons. The predicted octanol–water partition coefficient (Wildman–Crippen LogP) is 3.04. The molecule has 0 aliphatic carbocycles. The van der Waals surface area contributed by atoms with Crippen LogP contribution in [0.4, 0.5) is 5.69 Å². The first-order valence-corrected chi connectivity index (χ1v) is 6.69. The van der Waals surface area contributed by atoms with Crippen LogP contribution >= 0.6 is 11.8 Å². The van der Waals surface area contributed by atoms with E-state index in [9.17, 15) is 0 Å². The van der Waals surface area contributed by atoms with Gasteiger partial charge in [-0.3, -0.25) is 0 Å². The zero-order chi connectivity index (χ0) is 13.0. The number of hydrogen-bond acceptors (Lipinski definition) is 5. The molecular weight excluding hydrogens is 248 g/mol. The fourth-order valence-electron chi connectivity index (χ4n) is 1.40. The van der Waals surface area contributed by atoms with Gasteiger partial charge >= 0.3 is 0 Å². The van der Waals surface area contributed by atoms with E-state index < -0.39 is 0 Å². The number of nitrogen functional groups attached to an aromatic ring is 1. The van der Waals surface area contributed by atoms with Crippen LogP contribution in [0.3, 0.4) is 0 Å². The van der Waals surface area contributed by atoms with Crippen LogP contribution in [-0.2, 0) is 0 Å². The number of nitrogens with two attached hydrogens (primary N) is 1. The number of para-hydroxylation sites is 2. The Kier molecular flexibility index (Phi) is 4.15. The number of thioether (sulfide) groups is 1. The van der Waals surface area contributed by atoms with Crippen molar-refractivity contribution in [2.45, 2.75) is 19.1 Å². The van der Waals surface area contributed by atoms with Gasteiger partial charge < -0.3 is 14.9 Å². The van der Waals surface area contributed by atoms with Gasteiger partial charge in [0.05, 0.1) is 18.0 Å². The second-order valence-electron chi connectivity index (χ2n) is 3.86. The first-order valence-electron chi connectivity index (χ1n) is 5.71. The molecule has 0 aliphatic heterocycles. The number of rotatable bonds is 5. The molecule has 0 bridgehead atoms. The molecule has 2 N–H and O–H groups in total. The van der Waals surface area contributed by atoms with Crippen molar-refractivity contribution < 1.29 is 9.15 Å². The minimum atomic E-state index is 0.569. The minimum Gasteiger partial charge on any atom is -0.491 e. The lowest BCUT2D eigenvalue weighted by molar-refractivity contribution is 0.344. The molecule has 4 nitrogen and oxygen atoms in total. The zero-order valence-electron chi connectivity index (χ0n) is 10.5. The van der Waals surface area contributed by atoms with Crippen molar-refractivity contribution >= 4 is 17.4 Å². The van der Waals surface area contributed by atoms with Gasteiger partial charge in [-0.05, 0) is 26.0 Å². The molecule has 1 heterocycles. The highest BCUT2D eigenvalue weighted by atomic mass is 32.2. The molecule has 2 rings (SSSR count). The summed E-state index contributed by atoms with van der Waals surface area (Å²) in [5.41, 5.74) is 7.37. The minimum absolute atomic E-state index is 0.569. The number of benzene rings is 1. The van der Waals surface area contributed by atoms with Crippen LogP contribution in [0, 0.1) is 13.8 Å². The monoisotopic (exact) mass is 264 g/mol.